The maximum absolute atomic E-state index is 5.23. The Balaban J connectivity index is 3.08. The number of allylic oxidation sites excluding steroid dienone is 5. The van der Waals surface area contributed by atoms with Gasteiger partial charge in [-0.15, -0.1) is 0 Å². The molecule has 0 saturated carbocycles. The summed E-state index contributed by atoms with van der Waals surface area (Å²) in [6, 6.07) is 0. The highest BCUT2D eigenvalue weighted by molar-refractivity contribution is 7.90. The molecule has 0 atom stereocenters. The Labute approximate surface area is 106 Å². The molecular weight excluding hydrogens is 234 g/mol. The molecule has 0 aliphatic carbocycles. The number of rotatable bonds is 6. The molecule has 0 fully saturated rings. The molecule has 0 amide bonds. The van der Waals surface area contributed by atoms with E-state index in [1.54, 1.807) is 24.4 Å². The van der Waals surface area contributed by atoms with Gasteiger partial charge in [0.05, 0.1) is 0 Å². The van der Waals surface area contributed by atoms with Crippen LogP contribution in [0.3, 0.4) is 0 Å². The highest BCUT2D eigenvalue weighted by Gasteiger charge is 2.16. The van der Waals surface area contributed by atoms with Crippen molar-refractivity contribution in [2.45, 2.75) is 0 Å². The van der Waals surface area contributed by atoms with Crippen LogP contribution in [0.4, 0.5) is 0 Å². The molecule has 1 aliphatic heterocycles. The van der Waals surface area contributed by atoms with Crippen molar-refractivity contribution in [1.82, 2.24) is 0 Å². The van der Waals surface area contributed by atoms with Crippen molar-refractivity contribution < 1.29 is 8.37 Å². The Kier molecular flexibility index (Phi) is 5.10. The monoisotopic (exact) mass is 247 g/mol. The van der Waals surface area contributed by atoms with Crippen LogP contribution in [0.5, 0.6) is 0 Å². The van der Waals surface area contributed by atoms with Crippen LogP contribution < -0.4 is 0 Å². The predicted octanol–water partition coefficient (Wildman–Crippen LogP) is 3.88. The largest absolute Gasteiger partial charge is 0.387 e. The second kappa shape index (κ2) is 6.60. The topological polar surface area (TPSA) is 30.8 Å². The van der Waals surface area contributed by atoms with Gasteiger partial charge in [-0.3, -0.25) is 4.99 Å². The summed E-state index contributed by atoms with van der Waals surface area (Å²) in [7, 11) is 0. The molecule has 1 rings (SSSR count). The molecule has 88 valence electrons. The Bertz CT molecular complexity index is 444. The molecule has 0 saturated heterocycles. The molecule has 0 radical (unpaired) electrons. The van der Waals surface area contributed by atoms with Crippen molar-refractivity contribution in [2.75, 3.05) is 0 Å². The van der Waals surface area contributed by atoms with Crippen molar-refractivity contribution in [1.29, 1.82) is 0 Å². The second-order valence-corrected chi connectivity index (χ2v) is 3.43. The lowest BCUT2D eigenvalue weighted by molar-refractivity contribution is 0.506. The van der Waals surface area contributed by atoms with Gasteiger partial charge in [0.25, 0.3) is 12.3 Å². The summed E-state index contributed by atoms with van der Waals surface area (Å²) in [5.74, 6) is 1.13. The maximum atomic E-state index is 5.23. The van der Waals surface area contributed by atoms with Crippen LogP contribution in [-0.4, -0.2) is 6.21 Å². The third kappa shape index (κ3) is 3.53. The summed E-state index contributed by atoms with van der Waals surface area (Å²) in [5, 5.41) is 0. The number of hydrogen-bond donors (Lipinski definition) is 0. The van der Waals surface area contributed by atoms with Gasteiger partial charge in [0.15, 0.2) is 11.5 Å². The Morgan fingerprint density at radius 1 is 1.18 bits per heavy atom. The van der Waals surface area contributed by atoms with Crippen LogP contribution >= 0.6 is 12.3 Å². The first kappa shape index (κ1) is 13.1. The minimum Gasteiger partial charge on any atom is -0.387 e. The van der Waals surface area contributed by atoms with Crippen LogP contribution in [0, 0.1) is 0 Å². The standard InChI is InChI=1S/C13H13NO2S/c1-5-10(4)11(9-14-7-3)8-13-12(6-2)15-17-16-13/h5-9H,1-4H2/b11-8-,14-9?. The van der Waals surface area contributed by atoms with Crippen molar-refractivity contribution in [3.63, 3.8) is 0 Å². The molecule has 0 unspecified atom stereocenters. The molecule has 1 aliphatic rings. The summed E-state index contributed by atoms with van der Waals surface area (Å²) in [6.07, 6.45) is 8.03. The first-order valence-electron chi connectivity index (χ1n) is 4.78. The van der Waals surface area contributed by atoms with E-state index < -0.39 is 0 Å². The van der Waals surface area contributed by atoms with Crippen molar-refractivity contribution in [2.24, 2.45) is 4.99 Å². The molecule has 0 aromatic rings. The first-order chi connectivity index (χ1) is 8.22. The van der Waals surface area contributed by atoms with Crippen LogP contribution in [0.15, 0.2) is 78.4 Å². The minimum atomic E-state index is 0.566. The fourth-order valence-electron chi connectivity index (χ4n) is 1.01. The van der Waals surface area contributed by atoms with E-state index in [1.165, 1.54) is 6.20 Å². The van der Waals surface area contributed by atoms with Gasteiger partial charge in [0.2, 0.25) is 0 Å². The van der Waals surface area contributed by atoms with E-state index in [0.29, 0.717) is 11.5 Å². The van der Waals surface area contributed by atoms with E-state index >= 15 is 0 Å². The average Bonchev–Trinajstić information content (AvgIpc) is 2.80. The number of nitrogens with zero attached hydrogens (tertiary/aromatic N) is 1. The normalized spacial score (nSPS) is 15.4. The van der Waals surface area contributed by atoms with Crippen LogP contribution in [-0.2, 0) is 8.37 Å². The summed E-state index contributed by atoms with van der Waals surface area (Å²) >= 11 is 0.890. The Morgan fingerprint density at radius 3 is 2.47 bits per heavy atom. The fourth-order valence-corrected chi connectivity index (χ4v) is 1.47. The van der Waals surface area contributed by atoms with Crippen LogP contribution in [0.25, 0.3) is 0 Å². The molecule has 0 spiro atoms. The Hall–Kier alpha value is -1.94. The minimum absolute atomic E-state index is 0.566. The summed E-state index contributed by atoms with van der Waals surface area (Å²) < 4.78 is 10.3. The summed E-state index contributed by atoms with van der Waals surface area (Å²) in [5.41, 5.74) is 1.49. The zero-order valence-electron chi connectivity index (χ0n) is 9.39. The smallest absolute Gasteiger partial charge is 0.293 e. The fraction of sp³-hybridized carbons (Fsp3) is 0. The van der Waals surface area contributed by atoms with Gasteiger partial charge >= 0.3 is 0 Å². The van der Waals surface area contributed by atoms with E-state index in [2.05, 4.69) is 31.3 Å². The van der Waals surface area contributed by atoms with E-state index in [0.717, 1.165) is 23.5 Å². The van der Waals surface area contributed by atoms with Gasteiger partial charge in [0.1, 0.15) is 0 Å². The predicted molar refractivity (Wildman–Crippen MR) is 73.1 cm³/mol. The SMILES string of the molecule is C=CN=C/C(=C/C1=C(C=C)OSO1)C(=C)C=C. The maximum Gasteiger partial charge on any atom is 0.293 e. The quantitative estimate of drug-likeness (QED) is 0.405. The molecule has 0 N–H and O–H groups in total. The zero-order chi connectivity index (χ0) is 12.7. The van der Waals surface area contributed by atoms with Crippen molar-refractivity contribution in [3.8, 4) is 0 Å². The van der Waals surface area contributed by atoms with Gasteiger partial charge in [-0.25, -0.2) is 0 Å². The number of aliphatic imine (C=N–C) groups is 1. The Morgan fingerprint density at radius 2 is 1.88 bits per heavy atom. The first-order valence-corrected chi connectivity index (χ1v) is 5.45. The van der Waals surface area contributed by atoms with Crippen molar-refractivity contribution in [3.05, 3.63) is 73.4 Å². The molecule has 3 nitrogen and oxygen atoms in total. The lowest BCUT2D eigenvalue weighted by atomic mass is 10.1. The highest BCUT2D eigenvalue weighted by atomic mass is 32.2. The van der Waals surface area contributed by atoms with E-state index in [1.807, 2.05) is 0 Å². The lowest BCUT2D eigenvalue weighted by Crippen LogP contribution is -1.90. The van der Waals surface area contributed by atoms with Crippen LogP contribution in [0.2, 0.25) is 0 Å². The number of hydrogen-bond acceptors (Lipinski definition) is 4. The second-order valence-electron chi connectivity index (χ2n) is 2.96. The highest BCUT2D eigenvalue weighted by Crippen LogP contribution is 2.30. The van der Waals surface area contributed by atoms with Crippen LogP contribution in [0.1, 0.15) is 0 Å². The molecule has 4 heteroatoms. The third-order valence-corrected chi connectivity index (χ3v) is 2.39. The molecule has 17 heavy (non-hydrogen) atoms. The molecule has 1 heterocycles. The van der Waals surface area contributed by atoms with Crippen molar-refractivity contribution >= 4 is 18.5 Å². The third-order valence-electron chi connectivity index (χ3n) is 1.90. The van der Waals surface area contributed by atoms with Gasteiger partial charge in [-0.2, -0.15) is 0 Å². The average molecular weight is 247 g/mol. The molecular formula is C13H13NO2S. The molecule has 0 aromatic heterocycles. The summed E-state index contributed by atoms with van der Waals surface area (Å²) in [4.78, 5) is 3.94. The van der Waals surface area contributed by atoms with E-state index in [4.69, 9.17) is 8.37 Å². The van der Waals surface area contributed by atoms with E-state index in [-0.39, 0.29) is 0 Å². The van der Waals surface area contributed by atoms with Gasteiger partial charge in [-0.1, -0.05) is 32.4 Å². The molecule has 0 bridgehead atoms. The van der Waals surface area contributed by atoms with E-state index in [9.17, 15) is 0 Å². The molecule has 0 aromatic carbocycles. The van der Waals surface area contributed by atoms with Gasteiger partial charge < -0.3 is 8.37 Å². The zero-order valence-corrected chi connectivity index (χ0v) is 10.2. The summed E-state index contributed by atoms with van der Waals surface area (Å²) in [6.45, 7) is 14.7. The van der Waals surface area contributed by atoms with Gasteiger partial charge in [-0.05, 0) is 17.7 Å². The van der Waals surface area contributed by atoms with Gasteiger partial charge in [0, 0.05) is 18.0 Å². The lowest BCUT2D eigenvalue weighted by Gasteiger charge is -2.00.